The highest BCUT2D eigenvalue weighted by molar-refractivity contribution is 5.77. The van der Waals surface area contributed by atoms with E-state index in [1.807, 2.05) is 0 Å². The first-order valence-corrected chi connectivity index (χ1v) is 5.93. The molecule has 1 heterocycles. The molecule has 0 aliphatic carbocycles. The fraction of sp³-hybridized carbons (Fsp3) is 0.909. The van der Waals surface area contributed by atoms with Crippen molar-refractivity contribution in [2.75, 3.05) is 32.8 Å². The van der Waals surface area contributed by atoms with Crippen molar-refractivity contribution in [2.24, 2.45) is 0 Å². The van der Waals surface area contributed by atoms with E-state index in [9.17, 15) is 4.79 Å². The van der Waals surface area contributed by atoms with Gasteiger partial charge in [-0.2, -0.15) is 0 Å². The molecule has 1 rings (SSSR count). The van der Waals surface area contributed by atoms with Gasteiger partial charge in [-0.15, -0.1) is 0 Å². The number of amides is 1. The standard InChI is InChI=1S/C11H22N2O2/c14-9-6-12-11(15)10-13-7-4-2-1-3-5-8-13/h14H,1-10H2,(H,12,15). The fourth-order valence-corrected chi connectivity index (χ4v) is 1.93. The Hall–Kier alpha value is -0.610. The monoisotopic (exact) mass is 214 g/mol. The van der Waals surface area contributed by atoms with E-state index in [0.29, 0.717) is 13.1 Å². The molecule has 1 fully saturated rings. The molecule has 1 saturated heterocycles. The maximum Gasteiger partial charge on any atom is 0.234 e. The normalized spacial score (nSPS) is 19.3. The number of likely N-dealkylation sites (tertiary alicyclic amines) is 1. The summed E-state index contributed by atoms with van der Waals surface area (Å²) >= 11 is 0. The molecule has 1 aliphatic heterocycles. The van der Waals surface area contributed by atoms with Crippen LogP contribution in [0.1, 0.15) is 32.1 Å². The van der Waals surface area contributed by atoms with Crippen molar-refractivity contribution in [3.05, 3.63) is 0 Å². The second kappa shape index (κ2) is 7.65. The smallest absolute Gasteiger partial charge is 0.234 e. The predicted octanol–water partition coefficient (Wildman–Crippen LogP) is 0.361. The molecule has 0 spiro atoms. The van der Waals surface area contributed by atoms with Crippen LogP contribution >= 0.6 is 0 Å². The summed E-state index contributed by atoms with van der Waals surface area (Å²) < 4.78 is 0. The van der Waals surface area contributed by atoms with E-state index in [-0.39, 0.29) is 12.5 Å². The van der Waals surface area contributed by atoms with Gasteiger partial charge in [-0.25, -0.2) is 0 Å². The molecule has 2 N–H and O–H groups in total. The third kappa shape index (κ3) is 5.74. The molecule has 15 heavy (non-hydrogen) atoms. The molecule has 0 aromatic heterocycles. The molecule has 1 amide bonds. The fourth-order valence-electron chi connectivity index (χ4n) is 1.93. The highest BCUT2D eigenvalue weighted by Gasteiger charge is 2.11. The van der Waals surface area contributed by atoms with Crippen LogP contribution in [0.5, 0.6) is 0 Å². The summed E-state index contributed by atoms with van der Waals surface area (Å²) in [5.74, 6) is 0.0321. The van der Waals surface area contributed by atoms with E-state index in [1.54, 1.807) is 0 Å². The quantitative estimate of drug-likeness (QED) is 0.710. The number of hydrogen-bond acceptors (Lipinski definition) is 3. The predicted molar refractivity (Wildman–Crippen MR) is 59.6 cm³/mol. The first-order chi connectivity index (χ1) is 7.33. The maximum absolute atomic E-state index is 11.4. The molecular weight excluding hydrogens is 192 g/mol. The second-order valence-electron chi connectivity index (χ2n) is 4.12. The Balaban J connectivity index is 2.19. The number of aliphatic hydroxyl groups is 1. The van der Waals surface area contributed by atoms with Gasteiger partial charge in [0.25, 0.3) is 0 Å². The molecule has 0 bridgehead atoms. The topological polar surface area (TPSA) is 52.6 Å². The van der Waals surface area contributed by atoms with Gasteiger partial charge >= 0.3 is 0 Å². The van der Waals surface area contributed by atoms with Crippen LogP contribution in [0.25, 0.3) is 0 Å². The van der Waals surface area contributed by atoms with Gasteiger partial charge < -0.3 is 10.4 Å². The highest BCUT2D eigenvalue weighted by atomic mass is 16.3. The molecule has 0 aromatic carbocycles. The SMILES string of the molecule is O=C(CN1CCCCCCC1)NCCO. The van der Waals surface area contributed by atoms with E-state index in [1.165, 1.54) is 32.1 Å². The lowest BCUT2D eigenvalue weighted by Gasteiger charge is -2.23. The minimum Gasteiger partial charge on any atom is -0.395 e. The molecule has 4 heteroatoms. The minimum atomic E-state index is 0.0196. The Bertz CT molecular complexity index is 177. The van der Waals surface area contributed by atoms with Crippen molar-refractivity contribution in [1.29, 1.82) is 0 Å². The molecule has 1 aliphatic rings. The Morgan fingerprint density at radius 1 is 1.13 bits per heavy atom. The van der Waals surface area contributed by atoms with Crippen LogP contribution in [0.2, 0.25) is 0 Å². The Kier molecular flexibility index (Phi) is 6.36. The molecule has 0 radical (unpaired) electrons. The van der Waals surface area contributed by atoms with Gasteiger partial charge in [-0.1, -0.05) is 19.3 Å². The van der Waals surface area contributed by atoms with Crippen molar-refractivity contribution in [1.82, 2.24) is 10.2 Å². The van der Waals surface area contributed by atoms with Crippen LogP contribution in [0.3, 0.4) is 0 Å². The minimum absolute atomic E-state index is 0.0196. The van der Waals surface area contributed by atoms with Crippen molar-refractivity contribution in [2.45, 2.75) is 32.1 Å². The van der Waals surface area contributed by atoms with Crippen LogP contribution < -0.4 is 5.32 Å². The van der Waals surface area contributed by atoms with Crippen LogP contribution in [0, 0.1) is 0 Å². The van der Waals surface area contributed by atoms with E-state index < -0.39 is 0 Å². The molecule has 0 atom stereocenters. The van der Waals surface area contributed by atoms with Gasteiger partial charge in [0.15, 0.2) is 0 Å². The van der Waals surface area contributed by atoms with Gasteiger partial charge in [0.1, 0.15) is 0 Å². The summed E-state index contributed by atoms with van der Waals surface area (Å²) in [6, 6.07) is 0. The van der Waals surface area contributed by atoms with Gasteiger partial charge in [0, 0.05) is 6.54 Å². The average Bonchev–Trinajstić information content (AvgIpc) is 2.19. The number of carbonyl (C=O) groups is 1. The molecular formula is C11H22N2O2. The lowest BCUT2D eigenvalue weighted by atomic mass is 10.1. The van der Waals surface area contributed by atoms with Crippen molar-refractivity contribution >= 4 is 5.91 Å². The highest BCUT2D eigenvalue weighted by Crippen LogP contribution is 2.09. The van der Waals surface area contributed by atoms with E-state index in [0.717, 1.165) is 13.1 Å². The van der Waals surface area contributed by atoms with E-state index in [4.69, 9.17) is 5.11 Å². The second-order valence-corrected chi connectivity index (χ2v) is 4.12. The van der Waals surface area contributed by atoms with Crippen LogP contribution in [0.15, 0.2) is 0 Å². The summed E-state index contributed by atoms with van der Waals surface area (Å²) in [7, 11) is 0. The summed E-state index contributed by atoms with van der Waals surface area (Å²) in [5, 5.41) is 11.3. The average molecular weight is 214 g/mol. The van der Waals surface area contributed by atoms with Crippen LogP contribution in [0.4, 0.5) is 0 Å². The van der Waals surface area contributed by atoms with Gasteiger partial charge in [0.05, 0.1) is 13.2 Å². The number of aliphatic hydroxyl groups excluding tert-OH is 1. The van der Waals surface area contributed by atoms with Crippen molar-refractivity contribution in [3.8, 4) is 0 Å². The summed E-state index contributed by atoms with van der Waals surface area (Å²) in [6.45, 7) is 2.94. The number of nitrogens with one attached hydrogen (secondary N) is 1. The third-order valence-electron chi connectivity index (χ3n) is 2.75. The van der Waals surface area contributed by atoms with Gasteiger partial charge in [-0.05, 0) is 25.9 Å². The largest absolute Gasteiger partial charge is 0.395 e. The lowest BCUT2D eigenvalue weighted by Crippen LogP contribution is -2.39. The lowest BCUT2D eigenvalue weighted by molar-refractivity contribution is -0.122. The number of nitrogens with zero attached hydrogens (tertiary/aromatic N) is 1. The van der Waals surface area contributed by atoms with Crippen molar-refractivity contribution in [3.63, 3.8) is 0 Å². The third-order valence-corrected chi connectivity index (χ3v) is 2.75. The zero-order chi connectivity index (χ0) is 10.9. The van der Waals surface area contributed by atoms with E-state index >= 15 is 0 Å². The summed E-state index contributed by atoms with van der Waals surface area (Å²) in [4.78, 5) is 13.6. The van der Waals surface area contributed by atoms with Crippen LogP contribution in [-0.2, 0) is 4.79 Å². The van der Waals surface area contributed by atoms with Gasteiger partial charge in [0.2, 0.25) is 5.91 Å². The maximum atomic E-state index is 11.4. The first-order valence-electron chi connectivity index (χ1n) is 5.93. The number of rotatable bonds is 4. The van der Waals surface area contributed by atoms with E-state index in [2.05, 4.69) is 10.2 Å². The van der Waals surface area contributed by atoms with Gasteiger partial charge in [-0.3, -0.25) is 9.69 Å². The molecule has 0 saturated carbocycles. The number of hydrogen-bond donors (Lipinski definition) is 2. The summed E-state index contributed by atoms with van der Waals surface area (Å²) in [6.07, 6.45) is 6.31. The zero-order valence-corrected chi connectivity index (χ0v) is 9.37. The van der Waals surface area contributed by atoms with Crippen LogP contribution in [-0.4, -0.2) is 48.7 Å². The molecule has 0 aromatic rings. The molecule has 88 valence electrons. The first kappa shape index (κ1) is 12.5. The summed E-state index contributed by atoms with van der Waals surface area (Å²) in [5.41, 5.74) is 0. The Morgan fingerprint density at radius 2 is 1.73 bits per heavy atom. The molecule has 0 unspecified atom stereocenters. The number of carbonyl (C=O) groups excluding carboxylic acids is 1. The van der Waals surface area contributed by atoms with Crippen molar-refractivity contribution < 1.29 is 9.90 Å². The molecule has 4 nitrogen and oxygen atoms in total. The Labute approximate surface area is 91.6 Å². The zero-order valence-electron chi connectivity index (χ0n) is 9.37. The Morgan fingerprint density at radius 3 is 2.33 bits per heavy atom.